The maximum Gasteiger partial charge on any atom is 0.416 e. The molecule has 0 radical (unpaired) electrons. The van der Waals surface area contributed by atoms with Crippen LogP contribution in [0.5, 0.6) is 0 Å². The van der Waals surface area contributed by atoms with Gasteiger partial charge in [0.15, 0.2) is 0 Å². The molecule has 6 nitrogen and oxygen atoms in total. The fraction of sp³-hybridized carbons (Fsp3) is 0.200. The lowest BCUT2D eigenvalue weighted by atomic mass is 10.1. The van der Waals surface area contributed by atoms with Gasteiger partial charge in [-0.05, 0) is 42.8 Å². The zero-order valence-corrected chi connectivity index (χ0v) is 18.3. The SMILES string of the molecule is COCCCNC(=O)C(=Cc1ccc(-c2cccc(C(F)(F)F)c2)o1)NC(=O)c1ccccc1. The number of methoxy groups -OCH3 is 1. The number of benzene rings is 2. The second kappa shape index (κ2) is 11.3. The Balaban J connectivity index is 1.85. The minimum atomic E-state index is -4.48. The molecule has 0 unspecified atom stereocenters. The average molecular weight is 472 g/mol. The molecule has 2 amide bonds. The molecule has 9 heteroatoms. The van der Waals surface area contributed by atoms with Crippen LogP contribution in [0.3, 0.4) is 0 Å². The van der Waals surface area contributed by atoms with E-state index < -0.39 is 23.6 Å². The van der Waals surface area contributed by atoms with Crippen LogP contribution >= 0.6 is 0 Å². The molecule has 0 atom stereocenters. The van der Waals surface area contributed by atoms with Gasteiger partial charge in [-0.15, -0.1) is 0 Å². The van der Waals surface area contributed by atoms with Gasteiger partial charge in [0, 0.05) is 37.5 Å². The van der Waals surface area contributed by atoms with Crippen LogP contribution in [0.2, 0.25) is 0 Å². The van der Waals surface area contributed by atoms with E-state index >= 15 is 0 Å². The third-order valence-corrected chi connectivity index (χ3v) is 4.73. The number of hydrogen-bond donors (Lipinski definition) is 2. The summed E-state index contributed by atoms with van der Waals surface area (Å²) in [5.74, 6) is -0.671. The summed E-state index contributed by atoms with van der Waals surface area (Å²) in [5, 5.41) is 5.26. The van der Waals surface area contributed by atoms with Crippen molar-refractivity contribution in [1.82, 2.24) is 10.6 Å². The first-order chi connectivity index (χ1) is 16.3. The highest BCUT2D eigenvalue weighted by Crippen LogP contribution is 2.32. The molecule has 3 aromatic rings. The van der Waals surface area contributed by atoms with Crippen LogP contribution in [0, 0.1) is 0 Å². The minimum absolute atomic E-state index is 0.0730. The molecule has 1 aromatic heterocycles. The number of hydrogen-bond acceptors (Lipinski definition) is 4. The molecule has 34 heavy (non-hydrogen) atoms. The zero-order chi connectivity index (χ0) is 24.6. The smallest absolute Gasteiger partial charge is 0.416 e. The highest BCUT2D eigenvalue weighted by molar-refractivity contribution is 6.05. The van der Waals surface area contributed by atoms with Crippen LogP contribution in [0.15, 0.2) is 76.8 Å². The highest BCUT2D eigenvalue weighted by Gasteiger charge is 2.30. The van der Waals surface area contributed by atoms with Gasteiger partial charge in [0.05, 0.1) is 5.56 Å². The predicted molar refractivity (Wildman–Crippen MR) is 121 cm³/mol. The number of carbonyl (C=O) groups is 2. The van der Waals surface area contributed by atoms with Crippen LogP contribution < -0.4 is 10.6 Å². The predicted octanol–water partition coefficient (Wildman–Crippen LogP) is 4.89. The maximum absolute atomic E-state index is 13.0. The van der Waals surface area contributed by atoms with E-state index in [-0.39, 0.29) is 22.8 Å². The van der Waals surface area contributed by atoms with Crippen molar-refractivity contribution in [3.63, 3.8) is 0 Å². The van der Waals surface area contributed by atoms with Crippen LogP contribution in [0.1, 0.15) is 28.1 Å². The molecule has 0 aliphatic carbocycles. The molecular formula is C25H23F3N2O4. The Morgan fingerprint density at radius 3 is 2.50 bits per heavy atom. The van der Waals surface area contributed by atoms with Crippen LogP contribution in [-0.2, 0) is 15.7 Å². The fourth-order valence-corrected chi connectivity index (χ4v) is 3.03. The standard InChI is InChI=1S/C25H23F3N2O4/c1-33-14-6-13-29-24(32)21(30-23(31)17-7-3-2-4-8-17)16-20-11-12-22(34-20)18-9-5-10-19(15-18)25(26,27)28/h2-5,7-12,15-16H,6,13-14H2,1H3,(H,29,32)(H,30,31). The summed E-state index contributed by atoms with van der Waals surface area (Å²) in [6.07, 6.45) is -2.59. The van der Waals surface area contributed by atoms with E-state index in [9.17, 15) is 22.8 Å². The zero-order valence-electron chi connectivity index (χ0n) is 18.3. The molecule has 0 aliphatic rings. The van der Waals surface area contributed by atoms with E-state index in [0.717, 1.165) is 12.1 Å². The van der Waals surface area contributed by atoms with Gasteiger partial charge in [0.2, 0.25) is 0 Å². The normalized spacial score (nSPS) is 11.8. The van der Waals surface area contributed by atoms with E-state index in [1.54, 1.807) is 37.4 Å². The van der Waals surface area contributed by atoms with Gasteiger partial charge in [0.1, 0.15) is 17.2 Å². The van der Waals surface area contributed by atoms with Crippen LogP contribution in [-0.4, -0.2) is 32.1 Å². The van der Waals surface area contributed by atoms with Crippen molar-refractivity contribution in [3.05, 3.63) is 89.3 Å². The molecule has 2 aromatic carbocycles. The molecule has 1 heterocycles. The fourth-order valence-electron chi connectivity index (χ4n) is 3.03. The van der Waals surface area contributed by atoms with Gasteiger partial charge < -0.3 is 19.8 Å². The van der Waals surface area contributed by atoms with Gasteiger partial charge >= 0.3 is 6.18 Å². The summed E-state index contributed by atoms with van der Waals surface area (Å²) in [7, 11) is 1.55. The van der Waals surface area contributed by atoms with E-state index in [0.29, 0.717) is 25.1 Å². The van der Waals surface area contributed by atoms with Crippen molar-refractivity contribution in [2.75, 3.05) is 20.3 Å². The topological polar surface area (TPSA) is 80.6 Å². The third-order valence-electron chi connectivity index (χ3n) is 4.73. The van der Waals surface area contributed by atoms with Gasteiger partial charge in [-0.2, -0.15) is 13.2 Å². The van der Waals surface area contributed by atoms with E-state index in [2.05, 4.69) is 10.6 Å². The number of furan rings is 1. The van der Waals surface area contributed by atoms with Crippen molar-refractivity contribution < 1.29 is 31.9 Å². The number of halogens is 3. The second-order valence-electron chi connectivity index (χ2n) is 7.26. The van der Waals surface area contributed by atoms with Crippen LogP contribution in [0.4, 0.5) is 13.2 Å². The second-order valence-corrected chi connectivity index (χ2v) is 7.26. The number of carbonyl (C=O) groups excluding carboxylic acids is 2. The lowest BCUT2D eigenvalue weighted by Crippen LogP contribution is -2.35. The van der Waals surface area contributed by atoms with E-state index in [1.165, 1.54) is 30.3 Å². The average Bonchev–Trinajstić information content (AvgIpc) is 3.30. The van der Waals surface area contributed by atoms with Crippen molar-refractivity contribution in [3.8, 4) is 11.3 Å². The van der Waals surface area contributed by atoms with Crippen molar-refractivity contribution in [1.29, 1.82) is 0 Å². The van der Waals surface area contributed by atoms with Gasteiger partial charge in [-0.1, -0.05) is 30.3 Å². The Morgan fingerprint density at radius 2 is 1.79 bits per heavy atom. The third kappa shape index (κ3) is 6.82. The first-order valence-corrected chi connectivity index (χ1v) is 10.4. The molecule has 0 fully saturated rings. The first kappa shape index (κ1) is 24.8. The van der Waals surface area contributed by atoms with Gasteiger partial charge in [0.25, 0.3) is 11.8 Å². The number of amides is 2. The molecule has 0 bridgehead atoms. The number of alkyl halides is 3. The molecule has 0 spiro atoms. The van der Waals surface area contributed by atoms with E-state index in [1.807, 2.05) is 0 Å². The quantitative estimate of drug-likeness (QED) is 0.343. The number of nitrogens with one attached hydrogen (secondary N) is 2. The Hall–Kier alpha value is -3.85. The molecule has 3 rings (SSSR count). The lowest BCUT2D eigenvalue weighted by Gasteiger charge is -2.11. The summed E-state index contributed by atoms with van der Waals surface area (Å²) in [5.41, 5.74) is -0.293. The Morgan fingerprint density at radius 1 is 1.03 bits per heavy atom. The molecule has 0 aliphatic heterocycles. The summed E-state index contributed by atoms with van der Waals surface area (Å²) in [6, 6.07) is 16.1. The largest absolute Gasteiger partial charge is 0.457 e. The number of ether oxygens (including phenoxy) is 1. The van der Waals surface area contributed by atoms with Gasteiger partial charge in [-0.3, -0.25) is 9.59 Å². The number of rotatable bonds is 9. The van der Waals surface area contributed by atoms with Crippen molar-refractivity contribution >= 4 is 17.9 Å². The molecule has 178 valence electrons. The minimum Gasteiger partial charge on any atom is -0.457 e. The molecule has 0 saturated carbocycles. The van der Waals surface area contributed by atoms with Crippen LogP contribution in [0.25, 0.3) is 17.4 Å². The summed E-state index contributed by atoms with van der Waals surface area (Å²) in [4.78, 5) is 25.3. The van der Waals surface area contributed by atoms with Crippen molar-refractivity contribution in [2.24, 2.45) is 0 Å². The maximum atomic E-state index is 13.0. The molecular weight excluding hydrogens is 449 g/mol. The summed E-state index contributed by atoms with van der Waals surface area (Å²) >= 11 is 0. The Kier molecular flexibility index (Phi) is 8.26. The Bertz CT molecular complexity index is 1150. The molecule has 2 N–H and O–H groups in total. The Labute approximate surface area is 194 Å². The van der Waals surface area contributed by atoms with E-state index in [4.69, 9.17) is 9.15 Å². The monoisotopic (exact) mass is 472 g/mol. The van der Waals surface area contributed by atoms with Gasteiger partial charge in [-0.25, -0.2) is 0 Å². The molecule has 0 saturated heterocycles. The highest BCUT2D eigenvalue weighted by atomic mass is 19.4. The lowest BCUT2D eigenvalue weighted by molar-refractivity contribution is -0.137. The summed E-state index contributed by atoms with van der Waals surface area (Å²) < 4.78 is 49.7. The first-order valence-electron chi connectivity index (χ1n) is 10.4. The van der Waals surface area contributed by atoms with Crippen molar-refractivity contribution in [2.45, 2.75) is 12.6 Å². The summed E-state index contributed by atoms with van der Waals surface area (Å²) in [6.45, 7) is 0.771.